The quantitative estimate of drug-likeness (QED) is 0.379. The van der Waals surface area contributed by atoms with Crippen LogP contribution in [0.5, 0.6) is 0 Å². The topological polar surface area (TPSA) is 127 Å². The molecule has 0 spiro atoms. The second kappa shape index (κ2) is 9.80. The molecule has 202 valence electrons. The minimum atomic E-state index is -2.71. The molecule has 1 amide bonds. The first-order valence-electron chi connectivity index (χ1n) is 12.6. The molecule has 39 heavy (non-hydrogen) atoms. The largest absolute Gasteiger partial charge is 0.417 e. The van der Waals surface area contributed by atoms with Crippen LogP contribution in [0.4, 0.5) is 20.4 Å². The Kier molecular flexibility index (Phi) is 6.29. The molecule has 6 rings (SSSR count). The fourth-order valence-corrected chi connectivity index (χ4v) is 5.01. The zero-order valence-corrected chi connectivity index (χ0v) is 21.4. The zero-order valence-electron chi connectivity index (χ0n) is 21.4. The predicted octanol–water partition coefficient (Wildman–Crippen LogP) is 3.82. The summed E-state index contributed by atoms with van der Waals surface area (Å²) in [5, 5.41) is 18.0. The second-order valence-electron chi connectivity index (χ2n) is 10.2. The summed E-state index contributed by atoms with van der Waals surface area (Å²) in [6.07, 6.45) is 5.23. The Labute approximate surface area is 222 Å². The van der Waals surface area contributed by atoms with Crippen LogP contribution in [0.25, 0.3) is 11.3 Å². The Morgan fingerprint density at radius 1 is 1.18 bits per heavy atom. The van der Waals surface area contributed by atoms with Crippen LogP contribution in [0, 0.1) is 0 Å². The van der Waals surface area contributed by atoms with Crippen LogP contribution in [-0.2, 0) is 13.6 Å². The summed E-state index contributed by atoms with van der Waals surface area (Å²) < 4.78 is 33.6. The third-order valence-corrected chi connectivity index (χ3v) is 7.05. The first-order chi connectivity index (χ1) is 18.7. The lowest BCUT2D eigenvalue weighted by Gasteiger charge is -2.32. The Morgan fingerprint density at radius 3 is 2.79 bits per heavy atom. The van der Waals surface area contributed by atoms with Gasteiger partial charge in [-0.05, 0) is 36.7 Å². The highest BCUT2D eigenvalue weighted by molar-refractivity contribution is 5.89. The van der Waals surface area contributed by atoms with E-state index in [1.165, 1.54) is 0 Å². The van der Waals surface area contributed by atoms with Crippen LogP contribution in [0.15, 0.2) is 47.3 Å². The van der Waals surface area contributed by atoms with Crippen molar-refractivity contribution in [3.63, 3.8) is 0 Å². The number of aromatic nitrogens is 6. The van der Waals surface area contributed by atoms with Crippen molar-refractivity contribution >= 4 is 17.5 Å². The van der Waals surface area contributed by atoms with E-state index in [1.807, 2.05) is 38.5 Å². The van der Waals surface area contributed by atoms with E-state index in [0.717, 1.165) is 34.6 Å². The van der Waals surface area contributed by atoms with Crippen molar-refractivity contribution in [1.29, 1.82) is 0 Å². The van der Waals surface area contributed by atoms with Gasteiger partial charge in [-0.2, -0.15) is 5.10 Å². The smallest absolute Gasteiger partial charge is 0.309 e. The lowest BCUT2D eigenvalue weighted by atomic mass is 9.81. The summed E-state index contributed by atoms with van der Waals surface area (Å²) >= 11 is 0. The number of hydrogen-bond acceptors (Lipinski definition) is 9. The van der Waals surface area contributed by atoms with Gasteiger partial charge in [-0.1, -0.05) is 12.1 Å². The highest BCUT2D eigenvalue weighted by atomic mass is 19.3. The van der Waals surface area contributed by atoms with Gasteiger partial charge in [-0.25, -0.2) is 18.7 Å². The molecule has 3 aromatic heterocycles. The van der Waals surface area contributed by atoms with Crippen molar-refractivity contribution in [2.75, 3.05) is 18.9 Å². The van der Waals surface area contributed by atoms with Crippen molar-refractivity contribution < 1.29 is 18.0 Å². The molecule has 0 radical (unpaired) electrons. The predicted molar refractivity (Wildman–Crippen MR) is 136 cm³/mol. The lowest BCUT2D eigenvalue weighted by Crippen LogP contribution is -2.33. The van der Waals surface area contributed by atoms with Gasteiger partial charge in [0.1, 0.15) is 0 Å². The van der Waals surface area contributed by atoms with Crippen molar-refractivity contribution in [2.45, 2.75) is 43.7 Å². The summed E-state index contributed by atoms with van der Waals surface area (Å²) in [5.41, 5.74) is 4.51. The first-order valence-corrected chi connectivity index (χ1v) is 12.6. The van der Waals surface area contributed by atoms with Gasteiger partial charge < -0.3 is 20.0 Å². The molecule has 1 aromatic carbocycles. The van der Waals surface area contributed by atoms with E-state index in [4.69, 9.17) is 4.42 Å². The van der Waals surface area contributed by atoms with Crippen LogP contribution in [-0.4, -0.2) is 60.3 Å². The molecule has 11 nitrogen and oxygen atoms in total. The molecule has 4 aromatic rings. The van der Waals surface area contributed by atoms with Gasteiger partial charge in [0, 0.05) is 56.9 Å². The fourth-order valence-electron chi connectivity index (χ4n) is 5.01. The summed E-state index contributed by atoms with van der Waals surface area (Å²) in [7, 11) is 3.86. The number of benzene rings is 1. The Balaban J connectivity index is 1.20. The van der Waals surface area contributed by atoms with E-state index < -0.39 is 17.7 Å². The van der Waals surface area contributed by atoms with Crippen molar-refractivity contribution in [3.8, 4) is 11.3 Å². The Morgan fingerprint density at radius 2 is 2.03 bits per heavy atom. The summed E-state index contributed by atoms with van der Waals surface area (Å²) in [6.45, 7) is 1.45. The number of aryl methyl sites for hydroxylation is 1. The van der Waals surface area contributed by atoms with Crippen LogP contribution >= 0.6 is 0 Å². The van der Waals surface area contributed by atoms with Gasteiger partial charge in [-0.3, -0.25) is 9.48 Å². The molecule has 2 aliphatic rings. The third kappa shape index (κ3) is 5.35. The number of anilines is 2. The fraction of sp³-hybridized carbons (Fsp3) is 0.385. The number of amides is 1. The second-order valence-corrected chi connectivity index (χ2v) is 10.2. The van der Waals surface area contributed by atoms with E-state index in [1.54, 1.807) is 17.1 Å². The standard InChI is InChI=1S/C26H27F2N9O2/c1-36-8-6-21(32-22(38)24-35-34-23(39-24)17-10-26(27,28)11-17)19-4-3-15(9-16(19)13-36)20-5-7-29-25(33-20)31-18-12-30-37(2)14-18/h3-5,7,9,12,14,17,21H,6,8,10-11,13H2,1-2H3,(H,32,38)(H,29,31,33)/t21-/m1/s1. The first kappa shape index (κ1) is 25.0. The molecule has 1 fully saturated rings. The minimum absolute atomic E-state index is 0.0824. The third-order valence-electron chi connectivity index (χ3n) is 7.05. The van der Waals surface area contributed by atoms with Crippen molar-refractivity contribution in [1.82, 2.24) is 40.2 Å². The molecular weight excluding hydrogens is 508 g/mol. The van der Waals surface area contributed by atoms with Gasteiger partial charge in [0.25, 0.3) is 0 Å². The SMILES string of the molecule is CN1CC[C@@H](NC(=O)c2nnc(C3CC(F)(F)C3)o2)c2ccc(-c3ccnc(Nc4cnn(C)c4)n3)cc2C1. The summed E-state index contributed by atoms with van der Waals surface area (Å²) in [6, 6.07) is 7.61. The molecule has 0 unspecified atom stereocenters. The molecule has 0 bridgehead atoms. The molecular formula is C26H27F2N9O2. The van der Waals surface area contributed by atoms with Gasteiger partial charge in [-0.15, -0.1) is 10.2 Å². The number of alkyl halides is 2. The molecule has 13 heteroatoms. The molecule has 2 N–H and O–H groups in total. The Bertz CT molecular complexity index is 1510. The van der Waals surface area contributed by atoms with E-state index in [0.29, 0.717) is 18.9 Å². The van der Waals surface area contributed by atoms with Crippen LogP contribution in [0.1, 0.15) is 58.9 Å². The van der Waals surface area contributed by atoms with Gasteiger partial charge >= 0.3 is 11.8 Å². The maximum absolute atomic E-state index is 13.2. The number of nitrogens with zero attached hydrogens (tertiary/aromatic N) is 7. The average molecular weight is 536 g/mol. The number of nitrogens with one attached hydrogen (secondary N) is 2. The van der Waals surface area contributed by atoms with Crippen molar-refractivity contribution in [2.24, 2.45) is 7.05 Å². The molecule has 0 saturated heterocycles. The number of rotatable bonds is 6. The number of hydrogen-bond donors (Lipinski definition) is 2. The van der Waals surface area contributed by atoms with Crippen LogP contribution < -0.4 is 10.6 Å². The van der Waals surface area contributed by atoms with E-state index in [9.17, 15) is 13.6 Å². The highest BCUT2D eigenvalue weighted by Crippen LogP contribution is 2.47. The number of fused-ring (bicyclic) bond motifs is 1. The minimum Gasteiger partial charge on any atom is -0.417 e. The van der Waals surface area contributed by atoms with Gasteiger partial charge in [0.15, 0.2) is 0 Å². The number of halogens is 2. The van der Waals surface area contributed by atoms with E-state index in [-0.39, 0.29) is 30.7 Å². The molecule has 1 saturated carbocycles. The molecule has 1 aliphatic carbocycles. The molecule has 1 atom stereocenters. The summed E-state index contributed by atoms with van der Waals surface area (Å²) in [5.74, 6) is -3.42. The van der Waals surface area contributed by atoms with Crippen LogP contribution in [0.3, 0.4) is 0 Å². The summed E-state index contributed by atoms with van der Waals surface area (Å²) in [4.78, 5) is 24.1. The van der Waals surface area contributed by atoms with Gasteiger partial charge in [0.2, 0.25) is 17.8 Å². The highest BCUT2D eigenvalue weighted by Gasteiger charge is 2.48. The molecule has 4 heterocycles. The monoisotopic (exact) mass is 535 g/mol. The van der Waals surface area contributed by atoms with Crippen LogP contribution in [0.2, 0.25) is 0 Å². The maximum atomic E-state index is 13.2. The normalized spacial score (nSPS) is 19.1. The van der Waals surface area contributed by atoms with E-state index in [2.05, 4.69) is 46.9 Å². The number of carbonyl (C=O) groups excluding carboxylic acids is 1. The number of carbonyl (C=O) groups is 1. The van der Waals surface area contributed by atoms with E-state index >= 15 is 0 Å². The zero-order chi connectivity index (χ0) is 27.1. The van der Waals surface area contributed by atoms with Gasteiger partial charge in [0.05, 0.1) is 23.6 Å². The van der Waals surface area contributed by atoms with Crippen molar-refractivity contribution in [3.05, 3.63) is 65.8 Å². The Hall–Kier alpha value is -4.26. The lowest BCUT2D eigenvalue weighted by molar-refractivity contribution is -0.0918. The maximum Gasteiger partial charge on any atom is 0.309 e. The molecule has 1 aliphatic heterocycles. The average Bonchev–Trinajstić information content (AvgIpc) is 3.51.